The molecule has 0 spiro atoms. The Morgan fingerprint density at radius 3 is 1.34 bits per heavy atom. The number of benzene rings is 10. The van der Waals surface area contributed by atoms with Crippen molar-refractivity contribution in [3.05, 3.63) is 200 Å². The standard InChI is InChI=1S/C55H33NOS/c1-2-20-45-43(18-1)44-19-3-4-21-46(44)50-33-37(28-29-47(45)50)35-13-7-12-34(30-35)36-14-8-15-38(31-36)41-22-10-24-48-49-25-11-23-42(54(49)58-53(41)48)39-16-9-17-40(32-39)55-56-51-26-5-6-27-52(51)57-55/h1-33H. The van der Waals surface area contributed by atoms with Crippen molar-refractivity contribution in [1.29, 1.82) is 0 Å². The fraction of sp³-hybridized carbons (Fsp3) is 0. The topological polar surface area (TPSA) is 26.0 Å². The van der Waals surface area contributed by atoms with Crippen LogP contribution in [-0.4, -0.2) is 4.98 Å². The van der Waals surface area contributed by atoms with Gasteiger partial charge in [-0.1, -0.05) is 158 Å². The summed E-state index contributed by atoms with van der Waals surface area (Å²) in [5, 5.41) is 10.3. The first-order valence-corrected chi connectivity index (χ1v) is 20.5. The Hall–Kier alpha value is -7.33. The van der Waals surface area contributed by atoms with Crippen LogP contribution >= 0.6 is 11.3 Å². The first-order chi connectivity index (χ1) is 28.7. The molecule has 0 saturated heterocycles. The van der Waals surface area contributed by atoms with Gasteiger partial charge in [0.25, 0.3) is 0 Å². The van der Waals surface area contributed by atoms with Gasteiger partial charge >= 0.3 is 0 Å². The number of hydrogen-bond acceptors (Lipinski definition) is 3. The molecule has 0 saturated carbocycles. The minimum atomic E-state index is 0.638. The fourth-order valence-electron chi connectivity index (χ4n) is 8.92. The van der Waals surface area contributed by atoms with Gasteiger partial charge in [-0.2, -0.15) is 0 Å². The van der Waals surface area contributed by atoms with Crippen molar-refractivity contribution in [1.82, 2.24) is 4.98 Å². The van der Waals surface area contributed by atoms with Crippen molar-refractivity contribution in [2.45, 2.75) is 0 Å². The molecule has 10 aromatic carbocycles. The lowest BCUT2D eigenvalue weighted by Crippen LogP contribution is -1.86. The van der Waals surface area contributed by atoms with Crippen LogP contribution in [0.4, 0.5) is 0 Å². The Bertz CT molecular complexity index is 3520. The van der Waals surface area contributed by atoms with Gasteiger partial charge < -0.3 is 4.42 Å². The van der Waals surface area contributed by atoms with Crippen LogP contribution in [0.2, 0.25) is 0 Å². The summed E-state index contributed by atoms with van der Waals surface area (Å²) in [7, 11) is 0. The van der Waals surface area contributed by atoms with Gasteiger partial charge in [0.05, 0.1) is 0 Å². The molecule has 2 heterocycles. The van der Waals surface area contributed by atoms with Gasteiger partial charge in [0, 0.05) is 25.7 Å². The Morgan fingerprint density at radius 1 is 0.310 bits per heavy atom. The third-order valence-electron chi connectivity index (χ3n) is 11.7. The fourth-order valence-corrected chi connectivity index (χ4v) is 10.3. The lowest BCUT2D eigenvalue weighted by Gasteiger charge is -2.13. The predicted molar refractivity (Wildman–Crippen MR) is 247 cm³/mol. The molecule has 3 heteroatoms. The lowest BCUT2D eigenvalue weighted by atomic mass is 9.91. The van der Waals surface area contributed by atoms with E-state index in [0.717, 1.165) is 22.2 Å². The molecule has 0 fully saturated rings. The highest BCUT2D eigenvalue weighted by atomic mass is 32.1. The first kappa shape index (κ1) is 32.9. The molecule has 2 aromatic heterocycles. The lowest BCUT2D eigenvalue weighted by molar-refractivity contribution is 0.620. The summed E-state index contributed by atoms with van der Waals surface area (Å²) in [6, 6.07) is 72.4. The number of para-hydroxylation sites is 2. The summed E-state index contributed by atoms with van der Waals surface area (Å²) >= 11 is 1.87. The highest BCUT2D eigenvalue weighted by Crippen LogP contribution is 2.45. The van der Waals surface area contributed by atoms with E-state index in [1.54, 1.807) is 0 Å². The summed E-state index contributed by atoms with van der Waals surface area (Å²) in [5.74, 6) is 0.638. The van der Waals surface area contributed by atoms with E-state index < -0.39 is 0 Å². The molecule has 0 atom stereocenters. The molecule has 0 unspecified atom stereocenters. The molecular formula is C55H33NOS. The highest BCUT2D eigenvalue weighted by molar-refractivity contribution is 7.26. The number of thiophene rings is 1. The van der Waals surface area contributed by atoms with E-state index in [1.165, 1.54) is 91.4 Å². The zero-order chi connectivity index (χ0) is 38.2. The van der Waals surface area contributed by atoms with E-state index >= 15 is 0 Å². The molecule has 0 bridgehead atoms. The maximum absolute atomic E-state index is 6.15. The zero-order valence-electron chi connectivity index (χ0n) is 31.3. The van der Waals surface area contributed by atoms with Crippen LogP contribution in [0.15, 0.2) is 205 Å². The van der Waals surface area contributed by atoms with Crippen LogP contribution in [-0.2, 0) is 0 Å². The van der Waals surface area contributed by atoms with Crippen molar-refractivity contribution in [3.63, 3.8) is 0 Å². The van der Waals surface area contributed by atoms with Gasteiger partial charge in [0.2, 0.25) is 5.89 Å². The molecule has 58 heavy (non-hydrogen) atoms. The van der Waals surface area contributed by atoms with Gasteiger partial charge in [-0.3, -0.25) is 0 Å². The number of rotatable bonds is 5. The average molecular weight is 756 g/mol. The van der Waals surface area contributed by atoms with E-state index in [4.69, 9.17) is 9.40 Å². The molecular weight excluding hydrogens is 723 g/mol. The normalized spacial score (nSPS) is 11.8. The molecule has 0 amide bonds. The van der Waals surface area contributed by atoms with Crippen LogP contribution in [0, 0.1) is 0 Å². The molecule has 0 aliphatic rings. The Kier molecular flexibility index (Phi) is 7.44. The van der Waals surface area contributed by atoms with E-state index in [9.17, 15) is 0 Å². The Balaban J connectivity index is 0.929. The number of nitrogens with zero attached hydrogens (tertiary/aromatic N) is 1. The second-order valence-corrected chi connectivity index (χ2v) is 16.1. The van der Waals surface area contributed by atoms with E-state index in [0.29, 0.717) is 5.89 Å². The number of hydrogen-bond donors (Lipinski definition) is 0. The third kappa shape index (κ3) is 5.28. The van der Waals surface area contributed by atoms with E-state index in [-0.39, 0.29) is 0 Å². The molecule has 0 radical (unpaired) electrons. The average Bonchev–Trinajstić information content (AvgIpc) is 3.92. The third-order valence-corrected chi connectivity index (χ3v) is 13.0. The largest absolute Gasteiger partial charge is 0.436 e. The molecule has 12 rings (SSSR count). The zero-order valence-corrected chi connectivity index (χ0v) is 32.1. The Morgan fingerprint density at radius 2 is 0.741 bits per heavy atom. The second kappa shape index (κ2) is 13.1. The SMILES string of the molecule is c1cc(-c2cccc(-c3cccc4c3sc3c(-c5cccc(-c6nc7ccccc7o6)c5)cccc34)c2)cc(-c2ccc3c4ccccc4c4ccccc4c3c2)c1. The summed E-state index contributed by atoms with van der Waals surface area (Å²) in [6.45, 7) is 0. The van der Waals surface area contributed by atoms with Crippen LogP contribution in [0.25, 0.3) is 120 Å². The Labute approximate surface area is 338 Å². The van der Waals surface area contributed by atoms with Crippen LogP contribution in [0.5, 0.6) is 0 Å². The van der Waals surface area contributed by atoms with Crippen LogP contribution in [0.3, 0.4) is 0 Å². The molecule has 0 aliphatic carbocycles. The quantitative estimate of drug-likeness (QED) is 0.164. The maximum Gasteiger partial charge on any atom is 0.227 e. The van der Waals surface area contributed by atoms with Crippen molar-refractivity contribution in [3.8, 4) is 56.0 Å². The van der Waals surface area contributed by atoms with Crippen molar-refractivity contribution < 1.29 is 4.42 Å². The van der Waals surface area contributed by atoms with Gasteiger partial charge in [-0.25, -0.2) is 4.98 Å². The molecule has 270 valence electrons. The minimum absolute atomic E-state index is 0.638. The second-order valence-electron chi connectivity index (χ2n) is 15.0. The molecule has 0 N–H and O–H groups in total. The minimum Gasteiger partial charge on any atom is -0.436 e. The van der Waals surface area contributed by atoms with Gasteiger partial charge in [-0.15, -0.1) is 11.3 Å². The van der Waals surface area contributed by atoms with Crippen molar-refractivity contribution in [2.24, 2.45) is 0 Å². The van der Waals surface area contributed by atoms with Gasteiger partial charge in [0.1, 0.15) is 5.52 Å². The summed E-state index contributed by atoms with van der Waals surface area (Å²) in [6.07, 6.45) is 0. The van der Waals surface area contributed by atoms with E-state index in [2.05, 4.69) is 176 Å². The highest BCUT2D eigenvalue weighted by Gasteiger charge is 2.16. The van der Waals surface area contributed by atoms with Gasteiger partial charge in [-0.05, 0) is 119 Å². The summed E-state index contributed by atoms with van der Waals surface area (Å²) in [5.41, 5.74) is 12.3. The number of fused-ring (bicyclic) bond motifs is 10. The number of aromatic nitrogens is 1. The molecule has 2 nitrogen and oxygen atoms in total. The van der Waals surface area contributed by atoms with Gasteiger partial charge in [0.15, 0.2) is 5.58 Å². The predicted octanol–water partition coefficient (Wildman–Crippen LogP) is 16.0. The first-order valence-electron chi connectivity index (χ1n) is 19.7. The van der Waals surface area contributed by atoms with Crippen molar-refractivity contribution in [2.75, 3.05) is 0 Å². The summed E-state index contributed by atoms with van der Waals surface area (Å²) < 4.78 is 8.72. The monoisotopic (exact) mass is 755 g/mol. The molecule has 12 aromatic rings. The smallest absolute Gasteiger partial charge is 0.227 e. The van der Waals surface area contributed by atoms with Crippen LogP contribution in [0.1, 0.15) is 0 Å². The molecule has 0 aliphatic heterocycles. The maximum atomic E-state index is 6.15. The van der Waals surface area contributed by atoms with Crippen LogP contribution < -0.4 is 0 Å². The van der Waals surface area contributed by atoms with E-state index in [1.807, 2.05) is 35.6 Å². The number of oxazole rings is 1. The van der Waals surface area contributed by atoms with Crippen molar-refractivity contribution >= 4 is 74.9 Å². The summed E-state index contributed by atoms with van der Waals surface area (Å²) in [4.78, 5) is 4.77.